The molecule has 1 fully saturated rings. The fourth-order valence-electron chi connectivity index (χ4n) is 13.3. The van der Waals surface area contributed by atoms with Crippen molar-refractivity contribution in [1.82, 2.24) is 0 Å². The van der Waals surface area contributed by atoms with Crippen LogP contribution in [0.25, 0.3) is 0 Å². The van der Waals surface area contributed by atoms with Crippen molar-refractivity contribution in [1.29, 1.82) is 0 Å². The first-order valence-corrected chi connectivity index (χ1v) is 37.6. The Morgan fingerprint density at radius 1 is 0.304 bits per heavy atom. The second-order valence-electron chi connectivity index (χ2n) is 27.0. The average molecular weight is 1110 g/mol. The van der Waals surface area contributed by atoms with Gasteiger partial charge in [0, 0.05) is 0 Å². The number of hydrogen-bond acceptors (Lipinski definition) is 3. The normalized spacial score (nSPS) is 15.5. The van der Waals surface area contributed by atoms with Gasteiger partial charge in [0.25, 0.3) is 0 Å². The molecule has 1 aliphatic rings. The molecule has 0 aliphatic carbocycles. The molecular weight excluding hydrogens is 965 g/mol. The summed E-state index contributed by atoms with van der Waals surface area (Å²) >= 11 is 0. The standard InChI is InChI=1S/C75H148O4/c1-4-6-8-10-12-14-16-18-20-22-24-25-28-31-35-39-43-47-51-55-59-63-67-71(75(77)78)72(76)68-64-60-56-52-48-44-40-36-32-29-26-27-30-33-37-41-45-49-53-57-61-65-69-73-74(79-73)70(3)66-62-58-54-50-46-42-38-34-23-21-19-17-15-13-11-9-7-5-2/h70-74,76H,4-69H2,1-3H3,(H,77,78). The fraction of sp³-hybridized carbons (Fsp3) is 0.987. The Bertz CT molecular complexity index is 1160. The summed E-state index contributed by atoms with van der Waals surface area (Å²) in [5, 5.41) is 20.5. The molecule has 4 nitrogen and oxygen atoms in total. The number of carboxylic acids is 1. The molecule has 0 aromatic carbocycles. The zero-order valence-electron chi connectivity index (χ0n) is 54.8. The SMILES string of the molecule is CCCCCCCCCCCCCCCCCCCCCCCCC(C(=O)O)C(O)CCCCCCCCCCCCCCCCCCCCCCCCC1OC1C(C)CCCCCCCCCCCCCCCCCCCC. The molecule has 5 atom stereocenters. The summed E-state index contributed by atoms with van der Waals surface area (Å²) in [7, 11) is 0. The Hall–Kier alpha value is -0.610. The highest BCUT2D eigenvalue weighted by atomic mass is 16.6. The maximum Gasteiger partial charge on any atom is 0.309 e. The van der Waals surface area contributed by atoms with E-state index in [0.717, 1.165) is 31.6 Å². The number of aliphatic hydroxyl groups excluding tert-OH is 1. The lowest BCUT2D eigenvalue weighted by Crippen LogP contribution is -2.28. The van der Waals surface area contributed by atoms with Gasteiger partial charge in [0.15, 0.2) is 0 Å². The molecule has 0 aromatic rings. The average Bonchev–Trinajstić information content (AvgIpc) is 4.26. The molecule has 0 saturated carbocycles. The Labute approximate surface area is 498 Å². The molecule has 0 aromatic heterocycles. The number of unbranched alkanes of at least 4 members (excludes halogenated alkanes) is 59. The number of epoxide rings is 1. The van der Waals surface area contributed by atoms with Crippen LogP contribution in [0.1, 0.15) is 445 Å². The van der Waals surface area contributed by atoms with Gasteiger partial charge >= 0.3 is 5.97 Å². The van der Waals surface area contributed by atoms with Crippen molar-refractivity contribution in [2.75, 3.05) is 0 Å². The Balaban J connectivity index is 1.74. The molecule has 1 saturated heterocycles. The summed E-state index contributed by atoms with van der Waals surface area (Å²) < 4.78 is 6.14. The number of carbonyl (C=O) groups is 1. The summed E-state index contributed by atoms with van der Waals surface area (Å²) in [6.07, 6.45) is 90.8. The third-order valence-corrected chi connectivity index (χ3v) is 19.1. The minimum absolute atomic E-state index is 0.578. The van der Waals surface area contributed by atoms with Crippen molar-refractivity contribution in [2.45, 2.75) is 463 Å². The molecule has 79 heavy (non-hydrogen) atoms. The van der Waals surface area contributed by atoms with Gasteiger partial charge in [0.05, 0.1) is 24.2 Å². The number of aliphatic hydroxyl groups is 1. The van der Waals surface area contributed by atoms with Gasteiger partial charge in [-0.3, -0.25) is 4.79 Å². The van der Waals surface area contributed by atoms with Gasteiger partial charge in [-0.05, 0) is 31.6 Å². The lowest BCUT2D eigenvalue weighted by atomic mass is 9.91. The summed E-state index contributed by atoms with van der Waals surface area (Å²) in [5.74, 6) is -0.619. The molecule has 1 heterocycles. The highest BCUT2D eigenvalue weighted by molar-refractivity contribution is 5.70. The van der Waals surface area contributed by atoms with Crippen LogP contribution in [0.5, 0.6) is 0 Å². The first-order chi connectivity index (χ1) is 39.0. The predicted molar refractivity (Wildman–Crippen MR) is 351 cm³/mol. The fourth-order valence-corrected chi connectivity index (χ4v) is 13.3. The molecule has 1 rings (SSSR count). The third-order valence-electron chi connectivity index (χ3n) is 19.1. The minimum Gasteiger partial charge on any atom is -0.481 e. The highest BCUT2D eigenvalue weighted by Gasteiger charge is 2.41. The largest absolute Gasteiger partial charge is 0.481 e. The van der Waals surface area contributed by atoms with Crippen molar-refractivity contribution in [2.24, 2.45) is 11.8 Å². The van der Waals surface area contributed by atoms with E-state index >= 15 is 0 Å². The molecule has 5 unspecified atom stereocenters. The van der Waals surface area contributed by atoms with Crippen LogP contribution in [0.15, 0.2) is 0 Å². The highest BCUT2D eigenvalue weighted by Crippen LogP contribution is 2.36. The smallest absolute Gasteiger partial charge is 0.309 e. The zero-order chi connectivity index (χ0) is 56.8. The van der Waals surface area contributed by atoms with E-state index in [9.17, 15) is 15.0 Å². The van der Waals surface area contributed by atoms with E-state index in [-0.39, 0.29) is 0 Å². The second kappa shape index (κ2) is 63.4. The van der Waals surface area contributed by atoms with Crippen LogP contribution in [0, 0.1) is 11.8 Å². The quantitative estimate of drug-likeness (QED) is 0.0470. The van der Waals surface area contributed by atoms with Crippen LogP contribution < -0.4 is 0 Å². The van der Waals surface area contributed by atoms with Crippen molar-refractivity contribution < 1.29 is 19.7 Å². The van der Waals surface area contributed by atoms with Crippen LogP contribution >= 0.6 is 0 Å². The number of hydrogen-bond donors (Lipinski definition) is 2. The second-order valence-corrected chi connectivity index (χ2v) is 27.0. The molecule has 0 amide bonds. The summed E-state index contributed by atoms with van der Waals surface area (Å²) in [4.78, 5) is 11.9. The van der Waals surface area contributed by atoms with Gasteiger partial charge < -0.3 is 14.9 Å². The maximum atomic E-state index is 11.9. The van der Waals surface area contributed by atoms with E-state index < -0.39 is 18.0 Å². The van der Waals surface area contributed by atoms with Gasteiger partial charge in [-0.2, -0.15) is 0 Å². The van der Waals surface area contributed by atoms with Crippen LogP contribution in [-0.4, -0.2) is 34.5 Å². The third kappa shape index (κ3) is 56.3. The Kier molecular flexibility index (Phi) is 61.3. The van der Waals surface area contributed by atoms with Crippen LogP contribution in [0.2, 0.25) is 0 Å². The van der Waals surface area contributed by atoms with E-state index in [4.69, 9.17) is 4.74 Å². The molecule has 4 heteroatoms. The van der Waals surface area contributed by atoms with E-state index in [1.165, 1.54) is 385 Å². The van der Waals surface area contributed by atoms with E-state index in [1.54, 1.807) is 0 Å². The molecular formula is C75H148O4. The van der Waals surface area contributed by atoms with Crippen LogP contribution in [-0.2, 0) is 9.53 Å². The van der Waals surface area contributed by atoms with Crippen molar-refractivity contribution >= 4 is 5.97 Å². The van der Waals surface area contributed by atoms with Gasteiger partial charge in [-0.25, -0.2) is 0 Å². The number of ether oxygens (including phenoxy) is 1. The topological polar surface area (TPSA) is 70.1 Å². The van der Waals surface area contributed by atoms with Crippen LogP contribution in [0.4, 0.5) is 0 Å². The predicted octanol–water partition coefficient (Wildman–Crippen LogP) is 26.2. The van der Waals surface area contributed by atoms with Gasteiger partial charge in [-0.15, -0.1) is 0 Å². The van der Waals surface area contributed by atoms with Gasteiger partial charge in [-0.1, -0.05) is 419 Å². The monoisotopic (exact) mass is 1110 g/mol. The Morgan fingerprint density at radius 3 is 0.747 bits per heavy atom. The first-order valence-electron chi connectivity index (χ1n) is 37.6. The lowest BCUT2D eigenvalue weighted by Gasteiger charge is -2.19. The van der Waals surface area contributed by atoms with Crippen molar-refractivity contribution in [3.63, 3.8) is 0 Å². The maximum absolute atomic E-state index is 11.9. The molecule has 472 valence electrons. The van der Waals surface area contributed by atoms with Gasteiger partial charge in [0.2, 0.25) is 0 Å². The lowest BCUT2D eigenvalue weighted by molar-refractivity contribution is -0.146. The molecule has 0 bridgehead atoms. The van der Waals surface area contributed by atoms with Gasteiger partial charge in [0.1, 0.15) is 0 Å². The number of aliphatic carboxylic acids is 1. The molecule has 0 spiro atoms. The summed E-state index contributed by atoms with van der Waals surface area (Å²) in [6, 6.07) is 0. The van der Waals surface area contributed by atoms with Crippen LogP contribution in [0.3, 0.4) is 0 Å². The van der Waals surface area contributed by atoms with Crippen molar-refractivity contribution in [3.8, 4) is 0 Å². The van der Waals surface area contributed by atoms with E-state index in [0.29, 0.717) is 25.0 Å². The molecule has 0 radical (unpaired) electrons. The number of rotatable bonds is 70. The molecule has 2 N–H and O–H groups in total. The first kappa shape index (κ1) is 76.4. The van der Waals surface area contributed by atoms with Crippen molar-refractivity contribution in [3.05, 3.63) is 0 Å². The summed E-state index contributed by atoms with van der Waals surface area (Å²) in [5.41, 5.74) is 0. The summed E-state index contributed by atoms with van der Waals surface area (Å²) in [6.45, 7) is 7.06. The number of carboxylic acid groups (broad SMARTS) is 1. The molecule has 1 aliphatic heterocycles. The zero-order valence-corrected chi connectivity index (χ0v) is 54.8. The minimum atomic E-state index is -0.800. The van der Waals surface area contributed by atoms with E-state index in [1.807, 2.05) is 0 Å². The Morgan fingerprint density at radius 2 is 0.506 bits per heavy atom. The van der Waals surface area contributed by atoms with E-state index in [2.05, 4.69) is 20.8 Å².